The number of unbranched alkanes of at least 4 members (excludes halogenated alkanes) is 1. The highest BCUT2D eigenvalue weighted by Crippen LogP contribution is 2.12. The standard InChI is InChI=1S/C12H20O2/c1-4-5-6-7-11(9-13)12(14)8-10(2)3/h4,7,12-14H,1-2,5-6,8-9H2,3H3/b11-7+/t12-/m0/s1. The lowest BCUT2D eigenvalue weighted by atomic mass is 10.0. The third kappa shape index (κ3) is 5.73. The highest BCUT2D eigenvalue weighted by atomic mass is 16.3. The molecule has 0 aliphatic heterocycles. The molecular weight excluding hydrogens is 176 g/mol. The van der Waals surface area contributed by atoms with Crippen LogP contribution >= 0.6 is 0 Å². The lowest BCUT2D eigenvalue weighted by molar-refractivity contribution is 0.187. The molecule has 0 fully saturated rings. The monoisotopic (exact) mass is 196 g/mol. The van der Waals surface area contributed by atoms with Crippen molar-refractivity contribution in [2.24, 2.45) is 0 Å². The van der Waals surface area contributed by atoms with E-state index in [4.69, 9.17) is 5.11 Å². The van der Waals surface area contributed by atoms with Gasteiger partial charge in [0.2, 0.25) is 0 Å². The van der Waals surface area contributed by atoms with Crippen LogP contribution in [0, 0.1) is 0 Å². The number of aliphatic hydroxyl groups is 2. The molecule has 2 N–H and O–H groups in total. The van der Waals surface area contributed by atoms with E-state index in [9.17, 15) is 5.11 Å². The first kappa shape index (κ1) is 13.1. The fourth-order valence-electron chi connectivity index (χ4n) is 1.15. The Morgan fingerprint density at radius 2 is 2.07 bits per heavy atom. The quantitative estimate of drug-likeness (QED) is 0.484. The summed E-state index contributed by atoms with van der Waals surface area (Å²) in [6, 6.07) is 0. The molecule has 0 spiro atoms. The molecule has 2 nitrogen and oxygen atoms in total. The van der Waals surface area contributed by atoms with Gasteiger partial charge in [-0.3, -0.25) is 0 Å². The van der Waals surface area contributed by atoms with Crippen LogP contribution in [0.3, 0.4) is 0 Å². The van der Waals surface area contributed by atoms with Crippen molar-refractivity contribution in [1.82, 2.24) is 0 Å². The molecule has 0 aromatic heterocycles. The molecule has 0 aromatic carbocycles. The molecule has 1 atom stereocenters. The molecule has 0 unspecified atom stereocenters. The largest absolute Gasteiger partial charge is 0.392 e. The molecule has 80 valence electrons. The molecule has 0 heterocycles. The van der Waals surface area contributed by atoms with Crippen molar-refractivity contribution in [3.8, 4) is 0 Å². The van der Waals surface area contributed by atoms with Crippen molar-refractivity contribution >= 4 is 0 Å². The molecule has 0 amide bonds. The SMILES string of the molecule is C=CCC/C=C(\CO)[C@@H](O)CC(=C)C. The minimum atomic E-state index is -0.595. The van der Waals surface area contributed by atoms with Gasteiger partial charge < -0.3 is 10.2 Å². The van der Waals surface area contributed by atoms with Crippen LogP contribution in [0.15, 0.2) is 36.5 Å². The molecule has 0 radical (unpaired) electrons. The van der Waals surface area contributed by atoms with E-state index in [1.807, 2.05) is 19.1 Å². The zero-order valence-corrected chi connectivity index (χ0v) is 8.87. The van der Waals surface area contributed by atoms with Crippen LogP contribution in [-0.4, -0.2) is 22.9 Å². The zero-order chi connectivity index (χ0) is 11.0. The fraction of sp³-hybridized carbons (Fsp3) is 0.500. The van der Waals surface area contributed by atoms with Crippen molar-refractivity contribution in [1.29, 1.82) is 0 Å². The van der Waals surface area contributed by atoms with Gasteiger partial charge in [-0.15, -0.1) is 13.2 Å². The third-order valence-corrected chi connectivity index (χ3v) is 1.93. The van der Waals surface area contributed by atoms with Gasteiger partial charge in [0.05, 0.1) is 12.7 Å². The topological polar surface area (TPSA) is 40.5 Å². The number of hydrogen-bond acceptors (Lipinski definition) is 2. The van der Waals surface area contributed by atoms with Gasteiger partial charge in [0.1, 0.15) is 0 Å². The number of hydrogen-bond donors (Lipinski definition) is 2. The maximum absolute atomic E-state index is 9.66. The lowest BCUT2D eigenvalue weighted by Gasteiger charge is -2.12. The van der Waals surface area contributed by atoms with Crippen molar-refractivity contribution < 1.29 is 10.2 Å². The Balaban J connectivity index is 4.15. The minimum absolute atomic E-state index is 0.0917. The van der Waals surface area contributed by atoms with Gasteiger partial charge in [0.15, 0.2) is 0 Å². The fourth-order valence-corrected chi connectivity index (χ4v) is 1.15. The number of aliphatic hydroxyl groups excluding tert-OH is 2. The molecule has 0 aromatic rings. The Hall–Kier alpha value is -0.860. The average Bonchev–Trinajstić information content (AvgIpc) is 2.11. The summed E-state index contributed by atoms with van der Waals surface area (Å²) >= 11 is 0. The van der Waals surface area contributed by atoms with Gasteiger partial charge >= 0.3 is 0 Å². The zero-order valence-electron chi connectivity index (χ0n) is 8.87. The van der Waals surface area contributed by atoms with Crippen molar-refractivity contribution in [2.75, 3.05) is 6.61 Å². The van der Waals surface area contributed by atoms with Crippen LogP contribution in [0.1, 0.15) is 26.2 Å². The Kier molecular flexibility index (Phi) is 7.07. The Morgan fingerprint density at radius 1 is 1.43 bits per heavy atom. The van der Waals surface area contributed by atoms with E-state index in [2.05, 4.69) is 13.2 Å². The van der Waals surface area contributed by atoms with Crippen LogP contribution in [0.25, 0.3) is 0 Å². The summed E-state index contributed by atoms with van der Waals surface area (Å²) in [5, 5.41) is 18.7. The molecule has 0 saturated heterocycles. The van der Waals surface area contributed by atoms with Crippen LogP contribution < -0.4 is 0 Å². The average molecular weight is 196 g/mol. The third-order valence-electron chi connectivity index (χ3n) is 1.93. The summed E-state index contributed by atoms with van der Waals surface area (Å²) in [6.07, 6.45) is 5.28. The highest BCUT2D eigenvalue weighted by molar-refractivity contribution is 5.12. The summed E-state index contributed by atoms with van der Waals surface area (Å²) in [5.41, 5.74) is 1.59. The predicted octanol–water partition coefficient (Wildman–Crippen LogP) is 2.20. The van der Waals surface area contributed by atoms with E-state index in [0.29, 0.717) is 12.0 Å². The van der Waals surface area contributed by atoms with Gasteiger partial charge in [-0.25, -0.2) is 0 Å². The molecule has 14 heavy (non-hydrogen) atoms. The van der Waals surface area contributed by atoms with Gasteiger partial charge in [-0.1, -0.05) is 17.7 Å². The maximum Gasteiger partial charge on any atom is 0.0809 e. The Bertz CT molecular complexity index is 216. The minimum Gasteiger partial charge on any atom is -0.392 e. The van der Waals surface area contributed by atoms with Gasteiger partial charge in [0.25, 0.3) is 0 Å². The molecule has 0 saturated carbocycles. The first-order valence-electron chi connectivity index (χ1n) is 4.85. The van der Waals surface area contributed by atoms with Crippen molar-refractivity contribution in [3.05, 3.63) is 36.5 Å². The summed E-state index contributed by atoms with van der Waals surface area (Å²) < 4.78 is 0. The van der Waals surface area contributed by atoms with Crippen LogP contribution in [0.2, 0.25) is 0 Å². The summed E-state index contributed by atoms with van der Waals surface area (Å²) in [7, 11) is 0. The predicted molar refractivity (Wildman–Crippen MR) is 60.0 cm³/mol. The molecule has 0 bridgehead atoms. The summed E-state index contributed by atoms with van der Waals surface area (Å²) in [5.74, 6) is 0. The first-order valence-corrected chi connectivity index (χ1v) is 4.85. The Morgan fingerprint density at radius 3 is 2.50 bits per heavy atom. The molecule has 0 aliphatic rings. The van der Waals surface area contributed by atoms with E-state index in [1.165, 1.54) is 0 Å². The molecule has 2 heteroatoms. The second-order valence-corrected chi connectivity index (χ2v) is 3.48. The first-order chi connectivity index (χ1) is 6.61. The number of allylic oxidation sites excluding steroid dienone is 2. The van der Waals surface area contributed by atoms with E-state index in [0.717, 1.165) is 18.4 Å². The molecular formula is C12H20O2. The van der Waals surface area contributed by atoms with E-state index in [1.54, 1.807) is 0 Å². The van der Waals surface area contributed by atoms with Crippen LogP contribution in [0.5, 0.6) is 0 Å². The Labute approximate surface area is 86.3 Å². The van der Waals surface area contributed by atoms with E-state index in [-0.39, 0.29) is 6.61 Å². The van der Waals surface area contributed by atoms with E-state index >= 15 is 0 Å². The van der Waals surface area contributed by atoms with Crippen LogP contribution in [-0.2, 0) is 0 Å². The van der Waals surface area contributed by atoms with Gasteiger partial charge in [-0.05, 0) is 31.8 Å². The second kappa shape index (κ2) is 7.54. The molecule has 0 aliphatic carbocycles. The summed E-state index contributed by atoms with van der Waals surface area (Å²) in [4.78, 5) is 0. The van der Waals surface area contributed by atoms with Crippen LogP contribution in [0.4, 0.5) is 0 Å². The highest BCUT2D eigenvalue weighted by Gasteiger charge is 2.09. The number of rotatable bonds is 7. The van der Waals surface area contributed by atoms with E-state index < -0.39 is 6.10 Å². The van der Waals surface area contributed by atoms with Crippen molar-refractivity contribution in [2.45, 2.75) is 32.3 Å². The lowest BCUT2D eigenvalue weighted by Crippen LogP contribution is -2.13. The smallest absolute Gasteiger partial charge is 0.0809 e. The normalized spacial score (nSPS) is 13.8. The van der Waals surface area contributed by atoms with Crippen molar-refractivity contribution in [3.63, 3.8) is 0 Å². The molecule has 0 rings (SSSR count). The van der Waals surface area contributed by atoms with Gasteiger partial charge in [-0.2, -0.15) is 0 Å². The maximum atomic E-state index is 9.66. The second-order valence-electron chi connectivity index (χ2n) is 3.48. The van der Waals surface area contributed by atoms with Gasteiger partial charge in [0, 0.05) is 0 Å². The summed E-state index contributed by atoms with van der Waals surface area (Å²) in [6.45, 7) is 9.10.